The maximum absolute atomic E-state index is 12.0. The van der Waals surface area contributed by atoms with Crippen LogP contribution in [0.4, 0.5) is 0 Å². The number of benzene rings is 1. The second-order valence-corrected chi connectivity index (χ2v) is 5.76. The van der Waals surface area contributed by atoms with E-state index in [-0.39, 0.29) is 11.9 Å². The van der Waals surface area contributed by atoms with Gasteiger partial charge in [0.25, 0.3) is 0 Å². The Bertz CT molecular complexity index is 560. The first-order valence-corrected chi connectivity index (χ1v) is 8.08. The van der Waals surface area contributed by atoms with Crippen molar-refractivity contribution in [2.75, 3.05) is 13.2 Å². The van der Waals surface area contributed by atoms with Crippen molar-refractivity contribution in [3.8, 4) is 0 Å². The summed E-state index contributed by atoms with van der Waals surface area (Å²) < 4.78 is 22.6. The summed E-state index contributed by atoms with van der Waals surface area (Å²) in [4.78, 5) is 12.0. The third kappa shape index (κ3) is 3.92. The average Bonchev–Trinajstić information content (AvgIpc) is 3.01. The zero-order valence-corrected chi connectivity index (χ0v) is 13.3. The Hall–Kier alpha value is -1.85. The second-order valence-electron chi connectivity index (χ2n) is 5.76. The Morgan fingerprint density at radius 1 is 1.35 bits per heavy atom. The van der Waals surface area contributed by atoms with Crippen LogP contribution < -0.4 is 0 Å². The average molecular weight is 318 g/mol. The van der Waals surface area contributed by atoms with Crippen LogP contribution in [-0.4, -0.2) is 31.1 Å². The molecule has 1 fully saturated rings. The molecule has 0 radical (unpaired) electrons. The lowest BCUT2D eigenvalue weighted by Gasteiger charge is -2.36. The molecule has 2 aliphatic heterocycles. The zero-order valence-electron chi connectivity index (χ0n) is 13.3. The van der Waals surface area contributed by atoms with Crippen molar-refractivity contribution < 1.29 is 23.7 Å². The summed E-state index contributed by atoms with van der Waals surface area (Å²) in [7, 11) is 0. The Kier molecular flexibility index (Phi) is 4.98. The highest BCUT2D eigenvalue weighted by molar-refractivity contribution is 5.86. The summed E-state index contributed by atoms with van der Waals surface area (Å²) in [5.41, 5.74) is 1.09. The maximum Gasteiger partial charge on any atom is 0.373 e. The predicted octanol–water partition coefficient (Wildman–Crippen LogP) is 2.95. The molecule has 2 atom stereocenters. The molecular formula is C18H22O5. The molecular weight excluding hydrogens is 296 g/mol. The van der Waals surface area contributed by atoms with Gasteiger partial charge in [0.05, 0.1) is 25.9 Å². The smallest absolute Gasteiger partial charge is 0.373 e. The minimum Gasteiger partial charge on any atom is -0.460 e. The van der Waals surface area contributed by atoms with Crippen molar-refractivity contribution in [1.29, 1.82) is 0 Å². The first-order valence-electron chi connectivity index (χ1n) is 8.08. The highest BCUT2D eigenvalue weighted by atomic mass is 16.7. The lowest BCUT2D eigenvalue weighted by atomic mass is 10.0. The summed E-state index contributed by atoms with van der Waals surface area (Å²) >= 11 is 0. The van der Waals surface area contributed by atoms with Crippen LogP contribution >= 0.6 is 0 Å². The van der Waals surface area contributed by atoms with E-state index in [1.807, 2.05) is 30.3 Å². The molecule has 1 saturated heterocycles. The van der Waals surface area contributed by atoms with E-state index in [1.165, 1.54) is 0 Å². The molecule has 2 aliphatic rings. The van der Waals surface area contributed by atoms with E-state index >= 15 is 0 Å². The largest absolute Gasteiger partial charge is 0.460 e. The van der Waals surface area contributed by atoms with Gasteiger partial charge in [-0.2, -0.15) is 0 Å². The fraction of sp³-hybridized carbons (Fsp3) is 0.500. The fourth-order valence-corrected chi connectivity index (χ4v) is 2.92. The van der Waals surface area contributed by atoms with Crippen LogP contribution in [0.5, 0.6) is 0 Å². The lowest BCUT2D eigenvalue weighted by molar-refractivity contribution is -0.218. The summed E-state index contributed by atoms with van der Waals surface area (Å²) in [6.45, 7) is 3.20. The molecule has 0 aliphatic carbocycles. The van der Waals surface area contributed by atoms with Crippen molar-refractivity contribution in [2.24, 2.45) is 0 Å². The van der Waals surface area contributed by atoms with Crippen molar-refractivity contribution in [1.82, 2.24) is 0 Å². The van der Waals surface area contributed by atoms with Crippen LogP contribution in [0.3, 0.4) is 0 Å². The Balaban J connectivity index is 1.71. The lowest BCUT2D eigenvalue weighted by Crippen LogP contribution is -2.41. The van der Waals surface area contributed by atoms with E-state index < -0.39 is 11.8 Å². The summed E-state index contributed by atoms with van der Waals surface area (Å²) in [6.07, 6.45) is 3.73. The van der Waals surface area contributed by atoms with Crippen LogP contribution in [0.15, 0.2) is 42.2 Å². The van der Waals surface area contributed by atoms with Gasteiger partial charge in [-0.25, -0.2) is 4.79 Å². The predicted molar refractivity (Wildman–Crippen MR) is 83.4 cm³/mol. The number of hydrogen-bond donors (Lipinski definition) is 0. The van der Waals surface area contributed by atoms with Crippen LogP contribution in [0.2, 0.25) is 0 Å². The SMILES string of the molecule is CCOC(=O)C1=C[C@@H](OCc2ccccc2)C[C@@]2(CCCO2)O1. The highest BCUT2D eigenvalue weighted by Gasteiger charge is 2.44. The molecule has 0 aromatic heterocycles. The third-order valence-electron chi connectivity index (χ3n) is 4.00. The maximum atomic E-state index is 12.0. The normalized spacial score (nSPS) is 26.7. The number of carbonyl (C=O) groups is 1. The van der Waals surface area contributed by atoms with Gasteiger partial charge in [-0.3, -0.25) is 0 Å². The van der Waals surface area contributed by atoms with E-state index in [2.05, 4.69) is 0 Å². The molecule has 0 amide bonds. The molecule has 0 bridgehead atoms. The van der Waals surface area contributed by atoms with E-state index in [0.717, 1.165) is 18.4 Å². The molecule has 5 nitrogen and oxygen atoms in total. The molecule has 0 N–H and O–H groups in total. The monoisotopic (exact) mass is 318 g/mol. The third-order valence-corrected chi connectivity index (χ3v) is 4.00. The highest BCUT2D eigenvalue weighted by Crippen LogP contribution is 2.38. The van der Waals surface area contributed by atoms with Crippen LogP contribution in [0, 0.1) is 0 Å². The molecule has 1 aromatic rings. The molecule has 1 aromatic carbocycles. The molecule has 1 spiro atoms. The van der Waals surface area contributed by atoms with E-state index in [4.69, 9.17) is 18.9 Å². The van der Waals surface area contributed by atoms with Gasteiger partial charge in [0.15, 0.2) is 0 Å². The minimum atomic E-state index is -0.752. The number of carbonyl (C=O) groups excluding carboxylic acids is 1. The van der Waals surface area contributed by atoms with Crippen LogP contribution in [-0.2, 0) is 30.3 Å². The van der Waals surface area contributed by atoms with Crippen LogP contribution in [0.1, 0.15) is 31.7 Å². The number of rotatable bonds is 5. The van der Waals surface area contributed by atoms with E-state index in [9.17, 15) is 4.79 Å². The van der Waals surface area contributed by atoms with Gasteiger partial charge in [0.1, 0.15) is 0 Å². The van der Waals surface area contributed by atoms with Gasteiger partial charge in [-0.15, -0.1) is 0 Å². The topological polar surface area (TPSA) is 54.0 Å². The molecule has 124 valence electrons. The van der Waals surface area contributed by atoms with Crippen molar-refractivity contribution in [2.45, 2.75) is 44.7 Å². The number of esters is 1. The zero-order chi connectivity index (χ0) is 16.1. The molecule has 23 heavy (non-hydrogen) atoms. The standard InChI is InChI=1S/C18H22O5/c1-2-20-17(19)16-11-15(12-18(23-16)9-6-10-22-18)21-13-14-7-4-3-5-8-14/h3-5,7-8,11,15H,2,6,9-10,12-13H2,1H3/t15-,18-/m1/s1. The Morgan fingerprint density at radius 3 is 2.87 bits per heavy atom. The van der Waals surface area contributed by atoms with Crippen molar-refractivity contribution in [3.63, 3.8) is 0 Å². The molecule has 5 heteroatoms. The molecule has 2 heterocycles. The van der Waals surface area contributed by atoms with Gasteiger partial charge >= 0.3 is 5.97 Å². The number of ether oxygens (including phenoxy) is 4. The summed E-state index contributed by atoms with van der Waals surface area (Å²) in [5, 5.41) is 0. The molecule has 0 saturated carbocycles. The molecule has 0 unspecified atom stereocenters. The van der Waals surface area contributed by atoms with E-state index in [1.54, 1.807) is 13.0 Å². The molecule has 3 rings (SSSR count). The van der Waals surface area contributed by atoms with Crippen molar-refractivity contribution in [3.05, 3.63) is 47.7 Å². The first-order chi connectivity index (χ1) is 11.2. The second kappa shape index (κ2) is 7.15. The van der Waals surface area contributed by atoms with Gasteiger partial charge in [-0.05, 0) is 25.0 Å². The van der Waals surface area contributed by atoms with Gasteiger partial charge in [0, 0.05) is 12.8 Å². The first kappa shape index (κ1) is 16.0. The fourth-order valence-electron chi connectivity index (χ4n) is 2.92. The summed E-state index contributed by atoms with van der Waals surface area (Å²) in [6, 6.07) is 9.95. The quantitative estimate of drug-likeness (QED) is 0.781. The summed E-state index contributed by atoms with van der Waals surface area (Å²) in [5.74, 6) is -1.02. The van der Waals surface area contributed by atoms with Crippen molar-refractivity contribution >= 4 is 5.97 Å². The van der Waals surface area contributed by atoms with Gasteiger partial charge < -0.3 is 18.9 Å². The Labute approximate surface area is 136 Å². The minimum absolute atomic E-state index is 0.193. The van der Waals surface area contributed by atoms with Crippen LogP contribution in [0.25, 0.3) is 0 Å². The van der Waals surface area contributed by atoms with E-state index in [0.29, 0.717) is 26.2 Å². The number of hydrogen-bond acceptors (Lipinski definition) is 5. The van der Waals surface area contributed by atoms with Gasteiger partial charge in [-0.1, -0.05) is 30.3 Å². The Morgan fingerprint density at radius 2 is 2.17 bits per heavy atom. The van der Waals surface area contributed by atoms with Gasteiger partial charge in [0.2, 0.25) is 11.5 Å².